The fraction of sp³-hybridized carbons (Fsp3) is 0.558. The zero-order valence-corrected chi connectivity index (χ0v) is 33.9. The first-order chi connectivity index (χ1) is 25.7. The lowest BCUT2D eigenvalue weighted by Gasteiger charge is -2.37. The van der Waals surface area contributed by atoms with Crippen molar-refractivity contribution in [3.05, 3.63) is 65.8 Å². The fourth-order valence-electron chi connectivity index (χ4n) is 7.36. The molecule has 0 aliphatic heterocycles. The van der Waals surface area contributed by atoms with Gasteiger partial charge in [0.05, 0.1) is 32.1 Å². The Balaban J connectivity index is 1.65. The molecule has 0 spiro atoms. The van der Waals surface area contributed by atoms with Crippen LogP contribution in [0, 0.1) is 17.2 Å². The number of rotatable bonds is 19. The number of ether oxygens (including phenoxy) is 4. The van der Waals surface area contributed by atoms with Crippen LogP contribution < -0.4 is 30.2 Å². The van der Waals surface area contributed by atoms with Crippen LogP contribution in [0.15, 0.2) is 54.6 Å². The fourth-order valence-corrected chi connectivity index (χ4v) is 7.36. The van der Waals surface area contributed by atoms with Gasteiger partial charge < -0.3 is 39.8 Å². The number of benzene rings is 2. The van der Waals surface area contributed by atoms with Crippen LogP contribution in [0.3, 0.4) is 0 Å². The highest BCUT2D eigenvalue weighted by atomic mass is 16.6. The Labute approximate surface area is 322 Å². The SMILES string of the molecule is CNCCCN(C)CCCOc1ccc(N/C(=C\C(=N)C(=O)NC2(C(=O)OC(C)(C)C)C=CCC3CCC2C3)c2c(OC)cccc2OC)c(C(C)C)c1. The summed E-state index contributed by atoms with van der Waals surface area (Å²) >= 11 is 0. The second kappa shape index (κ2) is 19.3. The van der Waals surface area contributed by atoms with E-state index < -0.39 is 23.0 Å². The molecule has 1 amide bonds. The lowest BCUT2D eigenvalue weighted by molar-refractivity contribution is -0.164. The zero-order valence-electron chi connectivity index (χ0n) is 33.9. The Morgan fingerprint density at radius 3 is 2.41 bits per heavy atom. The molecule has 296 valence electrons. The average Bonchev–Trinajstić information content (AvgIpc) is 3.53. The molecule has 0 saturated heterocycles. The standard InChI is InChI=1S/C43H63N5O6/c1-29(2)33-27-32(53-25-13-24-48(7)23-12-22-45-6)19-20-35(33)46-36(39-37(51-8)15-10-16-38(39)52-9)28-34(44)40(49)47-43(41(50)54-42(3,4)5)21-11-14-30-17-18-31(43)26-30/h10-11,15-16,19-21,27-31,44-46H,12-14,17-18,22-26H2,1-9H3,(H,47,49)/b36-28-,44-34?. The molecule has 11 nitrogen and oxygen atoms in total. The first-order valence-corrected chi connectivity index (χ1v) is 19.3. The summed E-state index contributed by atoms with van der Waals surface area (Å²) < 4.78 is 23.7. The van der Waals surface area contributed by atoms with Gasteiger partial charge in [-0.3, -0.25) is 10.2 Å². The predicted molar refractivity (Wildman–Crippen MR) is 217 cm³/mol. The van der Waals surface area contributed by atoms with Crippen molar-refractivity contribution < 1.29 is 28.5 Å². The molecule has 1 saturated carbocycles. The number of allylic oxidation sites excluding steroid dienone is 1. The van der Waals surface area contributed by atoms with Crippen molar-refractivity contribution >= 4 is 29.0 Å². The van der Waals surface area contributed by atoms with Crippen LogP contribution in [0.1, 0.15) is 90.2 Å². The molecular formula is C43H63N5O6. The number of methoxy groups -OCH3 is 2. The van der Waals surface area contributed by atoms with E-state index in [9.17, 15) is 9.59 Å². The molecule has 54 heavy (non-hydrogen) atoms. The van der Waals surface area contributed by atoms with Crippen LogP contribution in [0.4, 0.5) is 5.69 Å². The largest absolute Gasteiger partial charge is 0.496 e. The number of fused-ring (bicyclic) bond motifs is 2. The highest BCUT2D eigenvalue weighted by molar-refractivity contribution is 6.43. The highest BCUT2D eigenvalue weighted by Crippen LogP contribution is 2.44. The van der Waals surface area contributed by atoms with E-state index >= 15 is 0 Å². The van der Waals surface area contributed by atoms with Crippen LogP contribution in [0.5, 0.6) is 17.2 Å². The number of hydrogen-bond acceptors (Lipinski definition) is 10. The van der Waals surface area contributed by atoms with Crippen molar-refractivity contribution in [3.8, 4) is 17.2 Å². The molecule has 4 rings (SSSR count). The molecule has 2 aromatic rings. The lowest BCUT2D eigenvalue weighted by atomic mass is 9.82. The molecule has 11 heteroatoms. The number of esters is 1. The summed E-state index contributed by atoms with van der Waals surface area (Å²) in [6.07, 6.45) is 10.7. The van der Waals surface area contributed by atoms with Crippen molar-refractivity contribution in [1.82, 2.24) is 15.5 Å². The van der Waals surface area contributed by atoms with Gasteiger partial charge in [-0.25, -0.2) is 4.79 Å². The summed E-state index contributed by atoms with van der Waals surface area (Å²) in [6.45, 7) is 13.3. The number of carbonyl (C=O) groups is 2. The molecule has 4 N–H and O–H groups in total. The van der Waals surface area contributed by atoms with Crippen LogP contribution in [-0.4, -0.2) is 88.2 Å². The Morgan fingerprint density at radius 2 is 1.76 bits per heavy atom. The summed E-state index contributed by atoms with van der Waals surface area (Å²) in [5, 5.41) is 18.9. The zero-order chi connectivity index (χ0) is 39.5. The molecule has 2 aromatic carbocycles. The maximum atomic E-state index is 14.1. The number of anilines is 1. The predicted octanol–water partition coefficient (Wildman–Crippen LogP) is 7.18. The number of nitrogens with one attached hydrogen (secondary N) is 4. The maximum absolute atomic E-state index is 14.1. The first kappa shape index (κ1) is 42.4. The molecule has 0 aromatic heterocycles. The van der Waals surface area contributed by atoms with Gasteiger partial charge >= 0.3 is 5.97 Å². The Bertz CT molecular complexity index is 1640. The van der Waals surface area contributed by atoms with E-state index in [1.165, 1.54) is 6.08 Å². The number of amides is 1. The van der Waals surface area contributed by atoms with Gasteiger partial charge in [0.15, 0.2) is 5.54 Å². The van der Waals surface area contributed by atoms with E-state index in [-0.39, 0.29) is 17.5 Å². The molecule has 1 fully saturated rings. The Morgan fingerprint density at radius 1 is 1.06 bits per heavy atom. The molecule has 3 unspecified atom stereocenters. The van der Waals surface area contributed by atoms with E-state index in [0.29, 0.717) is 35.3 Å². The topological polar surface area (TPSA) is 134 Å². The summed E-state index contributed by atoms with van der Waals surface area (Å²) in [5.41, 5.74) is 0.263. The van der Waals surface area contributed by atoms with E-state index in [2.05, 4.69) is 41.7 Å². The van der Waals surface area contributed by atoms with Crippen LogP contribution in [-0.2, 0) is 14.3 Å². The Hall–Kier alpha value is -4.35. The molecule has 2 aliphatic rings. The van der Waals surface area contributed by atoms with E-state index in [4.69, 9.17) is 24.4 Å². The third kappa shape index (κ3) is 11.1. The summed E-state index contributed by atoms with van der Waals surface area (Å²) in [4.78, 5) is 30.4. The molecule has 2 aliphatic carbocycles. The van der Waals surface area contributed by atoms with Crippen LogP contribution in [0.2, 0.25) is 0 Å². The van der Waals surface area contributed by atoms with Gasteiger partial charge in [0, 0.05) is 12.2 Å². The van der Waals surface area contributed by atoms with Gasteiger partial charge in [-0.15, -0.1) is 0 Å². The van der Waals surface area contributed by atoms with E-state index in [1.807, 2.05) is 58.2 Å². The minimum atomic E-state index is -1.38. The van der Waals surface area contributed by atoms with Crippen LogP contribution >= 0.6 is 0 Å². The van der Waals surface area contributed by atoms with Crippen molar-refractivity contribution in [2.24, 2.45) is 11.8 Å². The smallest absolute Gasteiger partial charge is 0.336 e. The number of nitrogens with zero attached hydrogens (tertiary/aromatic N) is 1. The molecule has 3 atom stereocenters. The molecule has 0 heterocycles. The quantitative estimate of drug-likeness (QED) is 0.0511. The van der Waals surface area contributed by atoms with Gasteiger partial charge in [0.2, 0.25) is 0 Å². The van der Waals surface area contributed by atoms with Crippen molar-refractivity contribution in [1.29, 1.82) is 5.41 Å². The van der Waals surface area contributed by atoms with E-state index in [0.717, 1.165) is 75.2 Å². The minimum Gasteiger partial charge on any atom is -0.496 e. The summed E-state index contributed by atoms with van der Waals surface area (Å²) in [5.74, 6) is 0.999. The normalized spacial score (nSPS) is 19.7. The van der Waals surface area contributed by atoms with Crippen molar-refractivity contribution in [3.63, 3.8) is 0 Å². The maximum Gasteiger partial charge on any atom is 0.336 e. The monoisotopic (exact) mass is 745 g/mol. The second-order valence-electron chi connectivity index (χ2n) is 15.8. The second-order valence-corrected chi connectivity index (χ2v) is 15.8. The summed E-state index contributed by atoms with van der Waals surface area (Å²) in [6, 6.07) is 11.4. The van der Waals surface area contributed by atoms with Crippen molar-refractivity contribution in [2.45, 2.75) is 90.2 Å². The van der Waals surface area contributed by atoms with Gasteiger partial charge in [-0.1, -0.05) is 32.1 Å². The van der Waals surface area contributed by atoms with E-state index in [1.54, 1.807) is 32.4 Å². The highest BCUT2D eigenvalue weighted by Gasteiger charge is 2.51. The molecule has 2 bridgehead atoms. The van der Waals surface area contributed by atoms with Gasteiger partial charge in [-0.2, -0.15) is 0 Å². The molecule has 0 radical (unpaired) electrons. The number of carbonyl (C=O) groups excluding carboxylic acids is 2. The van der Waals surface area contributed by atoms with Gasteiger partial charge in [-0.05, 0) is 146 Å². The number of hydrogen-bond donors (Lipinski definition) is 4. The third-order valence-electron chi connectivity index (χ3n) is 10.2. The van der Waals surface area contributed by atoms with Crippen LogP contribution in [0.25, 0.3) is 5.70 Å². The third-order valence-corrected chi connectivity index (χ3v) is 10.2. The minimum absolute atomic E-state index is 0.115. The lowest BCUT2D eigenvalue weighted by Crippen LogP contribution is -2.60. The summed E-state index contributed by atoms with van der Waals surface area (Å²) in [7, 11) is 7.24. The first-order valence-electron chi connectivity index (χ1n) is 19.3. The van der Waals surface area contributed by atoms with Gasteiger partial charge in [0.1, 0.15) is 28.6 Å². The molecular weight excluding hydrogens is 683 g/mol. The Kier molecular flexibility index (Phi) is 15.2. The average molecular weight is 746 g/mol. The van der Waals surface area contributed by atoms with Crippen molar-refractivity contribution in [2.75, 3.05) is 59.9 Å². The van der Waals surface area contributed by atoms with Gasteiger partial charge in [0.25, 0.3) is 5.91 Å².